The molecule has 2 aromatic carbocycles. The van der Waals surface area contributed by atoms with E-state index in [1.165, 1.54) is 67.3 Å². The van der Waals surface area contributed by atoms with Gasteiger partial charge in [0.15, 0.2) is 0 Å². The highest BCUT2D eigenvalue weighted by Gasteiger charge is 2.18. The van der Waals surface area contributed by atoms with Crippen LogP contribution in [0.1, 0.15) is 68.6 Å². The Balaban J connectivity index is 1.60. The van der Waals surface area contributed by atoms with E-state index in [9.17, 15) is 0 Å². The number of hydrogen-bond acceptors (Lipinski definition) is 2. The molecule has 0 radical (unpaired) electrons. The zero-order valence-corrected chi connectivity index (χ0v) is 17.6. The van der Waals surface area contributed by atoms with E-state index in [4.69, 9.17) is 4.74 Å². The smallest absolute Gasteiger partial charge is 0.127 e. The molecule has 1 aliphatic heterocycles. The largest absolute Gasteiger partial charge is 0.488 e. The van der Waals surface area contributed by atoms with Gasteiger partial charge in [-0.25, -0.2) is 0 Å². The summed E-state index contributed by atoms with van der Waals surface area (Å²) in [5.41, 5.74) is 5.11. The third-order valence-corrected chi connectivity index (χ3v) is 5.62. The second-order valence-corrected chi connectivity index (χ2v) is 7.92. The van der Waals surface area contributed by atoms with Crippen molar-refractivity contribution in [2.45, 2.75) is 58.5 Å². The molecule has 1 aliphatic rings. The second-order valence-electron chi connectivity index (χ2n) is 7.92. The Bertz CT molecular complexity index is 715. The van der Waals surface area contributed by atoms with Crippen molar-refractivity contribution in [2.75, 3.05) is 20.1 Å². The Kier molecular flexibility index (Phi) is 8.17. The molecule has 0 bridgehead atoms. The molecule has 150 valence electrons. The quantitative estimate of drug-likeness (QED) is 0.427. The standard InChI is InChI=1S/C26H35NO/c1-3-4-5-6-7-12-19-27(2)20-13-17-24-23-15-9-8-14-22(23)21-28-26-18-11-10-16-25(24)26/h8-11,14-18H,3-7,12-13,19-21H2,1-2H3. The summed E-state index contributed by atoms with van der Waals surface area (Å²) in [5.74, 6) is 0.991. The number of unbranched alkanes of at least 4 members (excludes halogenated alkanes) is 5. The van der Waals surface area contributed by atoms with Gasteiger partial charge in [-0.15, -0.1) is 0 Å². The van der Waals surface area contributed by atoms with E-state index in [1.807, 2.05) is 0 Å². The number of nitrogens with zero attached hydrogens (tertiary/aromatic N) is 1. The SMILES string of the molecule is CCCCCCCCN(C)CCC=C1c2ccccc2COc2ccccc21. The lowest BCUT2D eigenvalue weighted by molar-refractivity contribution is 0.307. The summed E-state index contributed by atoms with van der Waals surface area (Å²) in [5, 5.41) is 0. The number of fused-ring (bicyclic) bond motifs is 2. The van der Waals surface area contributed by atoms with Crippen molar-refractivity contribution in [1.82, 2.24) is 4.90 Å². The molecule has 2 heteroatoms. The number of ether oxygens (including phenoxy) is 1. The normalized spacial score (nSPS) is 14.5. The molecule has 0 spiro atoms. The van der Waals surface area contributed by atoms with Gasteiger partial charge in [0, 0.05) is 12.1 Å². The highest BCUT2D eigenvalue weighted by Crippen LogP contribution is 2.36. The molecule has 0 unspecified atom stereocenters. The van der Waals surface area contributed by atoms with Crippen molar-refractivity contribution in [3.8, 4) is 5.75 Å². The van der Waals surface area contributed by atoms with Gasteiger partial charge in [0.2, 0.25) is 0 Å². The van der Waals surface area contributed by atoms with Crippen LogP contribution in [0.4, 0.5) is 0 Å². The molecule has 0 N–H and O–H groups in total. The molecule has 3 rings (SSSR count). The maximum absolute atomic E-state index is 6.07. The van der Waals surface area contributed by atoms with Crippen LogP contribution in [0, 0.1) is 0 Å². The predicted octanol–water partition coefficient (Wildman–Crippen LogP) is 6.69. The van der Waals surface area contributed by atoms with Crippen LogP contribution in [0.3, 0.4) is 0 Å². The minimum absolute atomic E-state index is 0.641. The van der Waals surface area contributed by atoms with Crippen molar-refractivity contribution in [2.24, 2.45) is 0 Å². The summed E-state index contributed by atoms with van der Waals surface area (Å²) < 4.78 is 6.07. The Morgan fingerprint density at radius 1 is 0.857 bits per heavy atom. The first-order chi connectivity index (χ1) is 13.8. The van der Waals surface area contributed by atoms with Gasteiger partial charge < -0.3 is 9.64 Å². The summed E-state index contributed by atoms with van der Waals surface area (Å²) in [6.45, 7) is 5.22. The molecule has 0 saturated heterocycles. The lowest BCUT2D eigenvalue weighted by Crippen LogP contribution is -2.20. The fourth-order valence-electron chi connectivity index (χ4n) is 3.95. The average Bonchev–Trinajstić information content (AvgIpc) is 2.88. The van der Waals surface area contributed by atoms with Gasteiger partial charge in [-0.3, -0.25) is 0 Å². The maximum Gasteiger partial charge on any atom is 0.127 e. The van der Waals surface area contributed by atoms with Crippen LogP contribution in [-0.4, -0.2) is 25.0 Å². The summed E-state index contributed by atoms with van der Waals surface area (Å²) in [6, 6.07) is 17.1. The van der Waals surface area contributed by atoms with Gasteiger partial charge in [0.05, 0.1) is 0 Å². The van der Waals surface area contributed by atoms with E-state index in [0.717, 1.165) is 18.7 Å². The van der Waals surface area contributed by atoms with E-state index >= 15 is 0 Å². The minimum atomic E-state index is 0.641. The van der Waals surface area contributed by atoms with Crippen LogP contribution < -0.4 is 4.74 Å². The summed E-state index contributed by atoms with van der Waals surface area (Å²) >= 11 is 0. The highest BCUT2D eigenvalue weighted by molar-refractivity contribution is 5.84. The van der Waals surface area contributed by atoms with Crippen molar-refractivity contribution >= 4 is 5.57 Å². The number of hydrogen-bond donors (Lipinski definition) is 0. The van der Waals surface area contributed by atoms with E-state index in [0.29, 0.717) is 6.61 Å². The lowest BCUT2D eigenvalue weighted by atomic mass is 9.93. The predicted molar refractivity (Wildman–Crippen MR) is 120 cm³/mol. The average molecular weight is 378 g/mol. The number of para-hydroxylation sites is 1. The lowest BCUT2D eigenvalue weighted by Gasteiger charge is -2.16. The first kappa shape index (κ1) is 20.7. The Morgan fingerprint density at radius 3 is 2.43 bits per heavy atom. The van der Waals surface area contributed by atoms with E-state index in [1.54, 1.807) is 0 Å². The monoisotopic (exact) mass is 377 g/mol. The summed E-state index contributed by atoms with van der Waals surface area (Å²) in [4.78, 5) is 2.47. The fourth-order valence-corrected chi connectivity index (χ4v) is 3.95. The molecule has 0 aromatic heterocycles. The van der Waals surface area contributed by atoms with Crippen molar-refractivity contribution in [3.63, 3.8) is 0 Å². The zero-order chi connectivity index (χ0) is 19.6. The van der Waals surface area contributed by atoms with Gasteiger partial charge in [0.1, 0.15) is 12.4 Å². The Hall–Kier alpha value is -2.06. The topological polar surface area (TPSA) is 12.5 Å². The first-order valence-electron chi connectivity index (χ1n) is 11.0. The van der Waals surface area contributed by atoms with Crippen LogP contribution in [0.25, 0.3) is 5.57 Å². The molecule has 28 heavy (non-hydrogen) atoms. The van der Waals surface area contributed by atoms with E-state index in [2.05, 4.69) is 73.5 Å². The van der Waals surface area contributed by atoms with Gasteiger partial charge in [-0.1, -0.05) is 87.6 Å². The molecule has 2 nitrogen and oxygen atoms in total. The third kappa shape index (κ3) is 5.72. The van der Waals surface area contributed by atoms with E-state index in [-0.39, 0.29) is 0 Å². The molecule has 1 heterocycles. The van der Waals surface area contributed by atoms with Crippen LogP contribution in [0.2, 0.25) is 0 Å². The number of benzene rings is 2. The molecular formula is C26H35NO. The highest BCUT2D eigenvalue weighted by atomic mass is 16.5. The molecule has 0 fully saturated rings. The minimum Gasteiger partial charge on any atom is -0.488 e. The fraction of sp³-hybridized carbons (Fsp3) is 0.462. The summed E-state index contributed by atoms with van der Waals surface area (Å²) in [7, 11) is 2.25. The van der Waals surface area contributed by atoms with Gasteiger partial charge in [-0.2, -0.15) is 0 Å². The van der Waals surface area contributed by atoms with Crippen molar-refractivity contribution in [1.29, 1.82) is 0 Å². The Labute approximate surface area is 171 Å². The third-order valence-electron chi connectivity index (χ3n) is 5.62. The molecule has 0 saturated carbocycles. The zero-order valence-electron chi connectivity index (χ0n) is 17.6. The molecular weight excluding hydrogens is 342 g/mol. The van der Waals surface area contributed by atoms with Crippen LogP contribution in [-0.2, 0) is 6.61 Å². The molecule has 0 atom stereocenters. The second kappa shape index (κ2) is 11.1. The molecule has 0 aliphatic carbocycles. The van der Waals surface area contributed by atoms with Crippen molar-refractivity contribution in [3.05, 3.63) is 71.3 Å². The van der Waals surface area contributed by atoms with E-state index < -0.39 is 0 Å². The molecule has 2 aromatic rings. The summed E-state index contributed by atoms with van der Waals surface area (Å²) in [6.07, 6.45) is 11.6. The van der Waals surface area contributed by atoms with Gasteiger partial charge in [-0.05, 0) is 49.2 Å². The molecule has 0 amide bonds. The van der Waals surface area contributed by atoms with Gasteiger partial charge in [0.25, 0.3) is 0 Å². The Morgan fingerprint density at radius 2 is 1.57 bits per heavy atom. The van der Waals surface area contributed by atoms with Crippen LogP contribution >= 0.6 is 0 Å². The maximum atomic E-state index is 6.07. The van der Waals surface area contributed by atoms with Gasteiger partial charge >= 0.3 is 0 Å². The van der Waals surface area contributed by atoms with Crippen molar-refractivity contribution < 1.29 is 4.74 Å². The number of rotatable bonds is 10. The first-order valence-corrected chi connectivity index (χ1v) is 11.0. The van der Waals surface area contributed by atoms with Crippen LogP contribution in [0.15, 0.2) is 54.6 Å². The van der Waals surface area contributed by atoms with Crippen LogP contribution in [0.5, 0.6) is 5.75 Å².